The molecular weight excluding hydrogens is 267 g/mol. The zero-order valence-corrected chi connectivity index (χ0v) is 13.6. The number of rotatable bonds is 5. The lowest BCUT2D eigenvalue weighted by Gasteiger charge is -2.37. The van der Waals surface area contributed by atoms with E-state index in [9.17, 15) is 4.39 Å². The Kier molecular flexibility index (Phi) is 5.59. The Morgan fingerprint density at radius 2 is 2.24 bits per heavy atom. The van der Waals surface area contributed by atoms with Crippen LogP contribution in [-0.4, -0.2) is 32.3 Å². The summed E-state index contributed by atoms with van der Waals surface area (Å²) in [4.78, 5) is 2.34. The number of anilines is 1. The van der Waals surface area contributed by atoms with E-state index < -0.39 is 0 Å². The van der Waals surface area contributed by atoms with Gasteiger partial charge >= 0.3 is 0 Å². The normalized spacial score (nSPS) is 20.6. The van der Waals surface area contributed by atoms with Crippen molar-refractivity contribution in [3.05, 3.63) is 29.1 Å². The smallest absolute Gasteiger partial charge is 0.126 e. The summed E-state index contributed by atoms with van der Waals surface area (Å²) in [5, 5.41) is 3.46. The lowest BCUT2D eigenvalue weighted by atomic mass is 10.0. The number of morpholine rings is 1. The highest BCUT2D eigenvalue weighted by molar-refractivity contribution is 5.58. The van der Waals surface area contributed by atoms with Gasteiger partial charge < -0.3 is 15.0 Å². The van der Waals surface area contributed by atoms with Gasteiger partial charge in [-0.15, -0.1) is 0 Å². The largest absolute Gasteiger partial charge is 0.377 e. The molecule has 4 heteroatoms. The van der Waals surface area contributed by atoms with E-state index in [1.54, 1.807) is 6.07 Å². The second-order valence-electron chi connectivity index (χ2n) is 5.95. The van der Waals surface area contributed by atoms with Crippen molar-refractivity contribution in [2.45, 2.75) is 46.2 Å². The van der Waals surface area contributed by atoms with Crippen molar-refractivity contribution < 1.29 is 9.13 Å². The molecule has 0 bridgehead atoms. The third kappa shape index (κ3) is 3.74. The summed E-state index contributed by atoms with van der Waals surface area (Å²) in [6.07, 6.45) is 1.07. The van der Waals surface area contributed by atoms with Crippen LogP contribution in [0.25, 0.3) is 0 Å². The third-order valence-corrected chi connectivity index (χ3v) is 4.15. The molecule has 1 aliphatic heterocycles. The van der Waals surface area contributed by atoms with Crippen molar-refractivity contribution in [2.75, 3.05) is 31.2 Å². The molecule has 1 N–H and O–H groups in total. The average Bonchev–Trinajstić information content (AvgIpc) is 2.48. The first-order valence-electron chi connectivity index (χ1n) is 7.92. The maximum Gasteiger partial charge on any atom is 0.126 e. The van der Waals surface area contributed by atoms with Gasteiger partial charge in [0.25, 0.3) is 0 Å². The highest BCUT2D eigenvalue weighted by Crippen LogP contribution is 2.31. The molecular formula is C17H27FN2O. The van der Waals surface area contributed by atoms with Crippen LogP contribution in [0.4, 0.5) is 10.1 Å². The first kappa shape index (κ1) is 16.2. The second kappa shape index (κ2) is 7.23. The summed E-state index contributed by atoms with van der Waals surface area (Å²) >= 11 is 0. The Morgan fingerprint density at radius 3 is 2.90 bits per heavy atom. The van der Waals surface area contributed by atoms with Crippen molar-refractivity contribution in [1.82, 2.24) is 5.32 Å². The molecule has 1 aliphatic rings. The van der Waals surface area contributed by atoms with Gasteiger partial charge in [-0.2, -0.15) is 0 Å². The van der Waals surface area contributed by atoms with Crippen LogP contribution >= 0.6 is 0 Å². The molecule has 0 amide bonds. The van der Waals surface area contributed by atoms with Gasteiger partial charge in [-0.3, -0.25) is 0 Å². The van der Waals surface area contributed by atoms with E-state index in [2.05, 4.69) is 31.0 Å². The maximum absolute atomic E-state index is 14.0. The summed E-state index contributed by atoms with van der Waals surface area (Å²) in [5.41, 5.74) is 2.89. The van der Waals surface area contributed by atoms with Gasteiger partial charge in [0.1, 0.15) is 5.82 Å². The van der Waals surface area contributed by atoms with Crippen molar-refractivity contribution in [3.63, 3.8) is 0 Å². The topological polar surface area (TPSA) is 24.5 Å². The quantitative estimate of drug-likeness (QED) is 0.900. The van der Waals surface area contributed by atoms with Crippen LogP contribution in [0, 0.1) is 12.7 Å². The minimum atomic E-state index is -0.125. The molecule has 3 nitrogen and oxygen atoms in total. The molecule has 0 saturated carbocycles. The van der Waals surface area contributed by atoms with Crippen LogP contribution < -0.4 is 10.2 Å². The molecule has 2 unspecified atom stereocenters. The molecule has 1 heterocycles. The Labute approximate surface area is 127 Å². The van der Waals surface area contributed by atoms with E-state index >= 15 is 0 Å². The zero-order valence-electron chi connectivity index (χ0n) is 13.6. The fourth-order valence-electron chi connectivity index (χ4n) is 2.83. The lowest BCUT2D eigenvalue weighted by molar-refractivity contribution is 0.0988. The molecule has 2 rings (SSSR count). The van der Waals surface area contributed by atoms with Gasteiger partial charge in [-0.1, -0.05) is 6.92 Å². The number of hydrogen-bond donors (Lipinski definition) is 1. The summed E-state index contributed by atoms with van der Waals surface area (Å²) in [5.74, 6) is -0.125. The van der Waals surface area contributed by atoms with Crippen LogP contribution in [0.2, 0.25) is 0 Å². The van der Waals surface area contributed by atoms with E-state index in [0.29, 0.717) is 11.6 Å². The fourth-order valence-corrected chi connectivity index (χ4v) is 2.83. The van der Waals surface area contributed by atoms with Gasteiger partial charge in [0.15, 0.2) is 0 Å². The number of benzene rings is 1. The lowest BCUT2D eigenvalue weighted by Crippen LogP contribution is -2.44. The summed E-state index contributed by atoms with van der Waals surface area (Å²) in [7, 11) is 0. The van der Waals surface area contributed by atoms with E-state index in [1.807, 2.05) is 13.0 Å². The van der Waals surface area contributed by atoms with E-state index in [1.165, 1.54) is 0 Å². The number of nitrogens with zero attached hydrogens (tertiary/aromatic N) is 1. The minimum Gasteiger partial charge on any atom is -0.377 e. The molecule has 1 aromatic rings. The number of ether oxygens (including phenoxy) is 1. The molecule has 0 aliphatic carbocycles. The Hall–Kier alpha value is -1.13. The predicted octanol–water partition coefficient (Wildman–Crippen LogP) is 3.42. The number of nitrogens with one attached hydrogen (secondary N) is 1. The third-order valence-electron chi connectivity index (χ3n) is 4.15. The summed E-state index contributed by atoms with van der Waals surface area (Å²) in [6.45, 7) is 11.5. The highest BCUT2D eigenvalue weighted by Gasteiger charge is 2.24. The van der Waals surface area contributed by atoms with Gasteiger partial charge in [0.05, 0.1) is 13.2 Å². The molecule has 0 spiro atoms. The van der Waals surface area contributed by atoms with Crippen molar-refractivity contribution in [3.8, 4) is 0 Å². The standard InChI is InChI=1S/C17H27FN2O/c1-5-6-19-14(4)15-10-16(18)12(2)9-17(15)20-7-8-21-11-13(20)3/h9-10,13-14,19H,5-8,11H2,1-4H3. The van der Waals surface area contributed by atoms with Crippen LogP contribution in [0.1, 0.15) is 44.4 Å². The molecule has 118 valence electrons. The van der Waals surface area contributed by atoms with Crippen molar-refractivity contribution in [2.24, 2.45) is 0 Å². The molecule has 0 aromatic heterocycles. The summed E-state index contributed by atoms with van der Waals surface area (Å²) < 4.78 is 19.6. The van der Waals surface area contributed by atoms with E-state index in [0.717, 1.165) is 44.0 Å². The van der Waals surface area contributed by atoms with Gasteiger partial charge in [-0.05, 0) is 57.0 Å². The van der Waals surface area contributed by atoms with Gasteiger partial charge in [0.2, 0.25) is 0 Å². The number of aryl methyl sites for hydroxylation is 1. The minimum absolute atomic E-state index is 0.125. The Morgan fingerprint density at radius 1 is 1.48 bits per heavy atom. The highest BCUT2D eigenvalue weighted by atomic mass is 19.1. The molecule has 1 saturated heterocycles. The van der Waals surface area contributed by atoms with Gasteiger partial charge in [-0.25, -0.2) is 4.39 Å². The molecule has 21 heavy (non-hydrogen) atoms. The monoisotopic (exact) mass is 294 g/mol. The van der Waals surface area contributed by atoms with Crippen LogP contribution in [-0.2, 0) is 4.74 Å². The second-order valence-corrected chi connectivity index (χ2v) is 5.95. The van der Waals surface area contributed by atoms with Crippen LogP contribution in [0.3, 0.4) is 0 Å². The SMILES string of the molecule is CCCNC(C)c1cc(F)c(C)cc1N1CCOCC1C. The molecule has 1 fully saturated rings. The van der Waals surface area contributed by atoms with Crippen molar-refractivity contribution in [1.29, 1.82) is 0 Å². The predicted molar refractivity (Wildman–Crippen MR) is 85.5 cm³/mol. The van der Waals surface area contributed by atoms with Crippen LogP contribution in [0.15, 0.2) is 12.1 Å². The fraction of sp³-hybridized carbons (Fsp3) is 0.647. The van der Waals surface area contributed by atoms with Crippen molar-refractivity contribution >= 4 is 5.69 Å². The Balaban J connectivity index is 2.35. The maximum atomic E-state index is 14.0. The van der Waals surface area contributed by atoms with Gasteiger partial charge in [0, 0.05) is 24.3 Å². The molecule has 0 radical (unpaired) electrons. The van der Waals surface area contributed by atoms with E-state index in [-0.39, 0.29) is 11.9 Å². The van der Waals surface area contributed by atoms with Crippen LogP contribution in [0.5, 0.6) is 0 Å². The first-order chi connectivity index (χ1) is 10.0. The Bertz CT molecular complexity index is 478. The number of hydrogen-bond acceptors (Lipinski definition) is 3. The molecule has 2 atom stereocenters. The molecule has 1 aromatic carbocycles. The van der Waals surface area contributed by atoms with E-state index in [4.69, 9.17) is 4.74 Å². The average molecular weight is 294 g/mol. The summed E-state index contributed by atoms with van der Waals surface area (Å²) in [6, 6.07) is 4.14. The first-order valence-corrected chi connectivity index (χ1v) is 7.92. The zero-order chi connectivity index (χ0) is 15.4. The number of halogens is 1.